The molecule has 0 aliphatic heterocycles. The van der Waals surface area contributed by atoms with Crippen LogP contribution in [0.3, 0.4) is 0 Å². The minimum atomic E-state index is -4.01. The first-order valence-corrected chi connectivity index (χ1v) is 10.4. The van der Waals surface area contributed by atoms with Gasteiger partial charge < -0.3 is 4.74 Å². The van der Waals surface area contributed by atoms with Gasteiger partial charge in [0.1, 0.15) is 31.8 Å². The molecule has 142 valence electrons. The second-order valence-electron chi connectivity index (χ2n) is 5.82. The van der Waals surface area contributed by atoms with Crippen LogP contribution in [0.15, 0.2) is 65.7 Å². The molecule has 0 amide bonds. The molecule has 0 atom stereocenters. The zero-order valence-corrected chi connectivity index (χ0v) is 16.2. The van der Waals surface area contributed by atoms with E-state index in [-0.39, 0.29) is 10.6 Å². The molecule has 0 unspecified atom stereocenters. The highest BCUT2D eigenvalue weighted by molar-refractivity contribution is 7.92. The Labute approximate surface area is 164 Å². The highest BCUT2D eigenvalue weighted by Crippen LogP contribution is 2.31. The van der Waals surface area contributed by atoms with Crippen LogP contribution in [0.4, 0.5) is 10.1 Å². The number of nitrogens with one attached hydrogen (secondary N) is 1. The summed E-state index contributed by atoms with van der Waals surface area (Å²) in [4.78, 5) is 9.37. The molecule has 0 aliphatic carbocycles. The van der Waals surface area contributed by atoms with Gasteiger partial charge in [-0.1, -0.05) is 11.3 Å². The number of benzene rings is 2. The smallest absolute Gasteiger partial charge is 0.265 e. The molecule has 0 radical (unpaired) electrons. The quantitative estimate of drug-likeness (QED) is 0.525. The summed E-state index contributed by atoms with van der Waals surface area (Å²) in [6.07, 6.45) is 1.71. The Morgan fingerprint density at radius 3 is 2.61 bits per heavy atom. The Hall–Kier alpha value is -3.04. The minimum Gasteiger partial charge on any atom is -0.495 e. The lowest BCUT2D eigenvalue weighted by molar-refractivity contribution is 0.401. The van der Waals surface area contributed by atoms with E-state index in [0.717, 1.165) is 33.1 Å². The van der Waals surface area contributed by atoms with Gasteiger partial charge in [-0.05, 0) is 54.6 Å². The number of hydrogen-bond donors (Lipinski definition) is 1. The monoisotopic (exact) mass is 415 g/mol. The van der Waals surface area contributed by atoms with Crippen molar-refractivity contribution >= 4 is 37.4 Å². The highest BCUT2D eigenvalue weighted by Gasteiger charge is 2.20. The number of fused-ring (bicyclic) bond motifs is 1. The molecule has 2 aromatic carbocycles. The lowest BCUT2D eigenvalue weighted by atomic mass is 10.2. The molecule has 4 rings (SSSR count). The summed E-state index contributed by atoms with van der Waals surface area (Å²) in [7, 11) is -2.69. The van der Waals surface area contributed by atoms with Gasteiger partial charge in [0.25, 0.3) is 10.0 Å². The van der Waals surface area contributed by atoms with Gasteiger partial charge in [0.15, 0.2) is 0 Å². The Balaban J connectivity index is 1.61. The summed E-state index contributed by atoms with van der Waals surface area (Å²) in [5.74, 6) is -0.603. The molecule has 9 heteroatoms. The number of pyridine rings is 1. The van der Waals surface area contributed by atoms with Crippen LogP contribution >= 0.6 is 11.3 Å². The predicted molar refractivity (Wildman–Crippen MR) is 107 cm³/mol. The van der Waals surface area contributed by atoms with E-state index >= 15 is 0 Å². The number of nitrogens with zero attached hydrogens (tertiary/aromatic N) is 2. The van der Waals surface area contributed by atoms with Crippen molar-refractivity contribution in [1.82, 2.24) is 9.97 Å². The first-order chi connectivity index (χ1) is 13.5. The normalized spacial score (nSPS) is 11.5. The third kappa shape index (κ3) is 3.54. The van der Waals surface area contributed by atoms with Crippen molar-refractivity contribution < 1.29 is 17.5 Å². The molecule has 0 saturated carbocycles. The molecular formula is C19H14FN3O3S2. The van der Waals surface area contributed by atoms with E-state index in [1.165, 1.54) is 24.5 Å². The zero-order chi connectivity index (χ0) is 19.7. The number of rotatable bonds is 5. The highest BCUT2D eigenvalue weighted by atomic mass is 32.2. The Kier molecular flexibility index (Phi) is 4.70. The molecule has 2 aromatic heterocycles. The number of thiazole rings is 1. The van der Waals surface area contributed by atoms with Crippen molar-refractivity contribution in [3.8, 4) is 16.3 Å². The van der Waals surface area contributed by atoms with Gasteiger partial charge >= 0.3 is 0 Å². The van der Waals surface area contributed by atoms with Crippen molar-refractivity contribution in [2.75, 3.05) is 11.8 Å². The van der Waals surface area contributed by atoms with Crippen LogP contribution in [-0.4, -0.2) is 25.5 Å². The van der Waals surface area contributed by atoms with Crippen LogP contribution in [-0.2, 0) is 10.0 Å². The van der Waals surface area contributed by atoms with Gasteiger partial charge in [-0.3, -0.25) is 4.72 Å². The second-order valence-corrected chi connectivity index (χ2v) is 8.45. The van der Waals surface area contributed by atoms with Crippen molar-refractivity contribution in [2.24, 2.45) is 0 Å². The largest absolute Gasteiger partial charge is 0.495 e. The van der Waals surface area contributed by atoms with Gasteiger partial charge in [0, 0.05) is 17.4 Å². The number of methoxy groups -OCH3 is 1. The average molecular weight is 415 g/mol. The molecule has 0 bridgehead atoms. The molecule has 0 spiro atoms. The van der Waals surface area contributed by atoms with Crippen LogP contribution in [0.25, 0.3) is 20.9 Å². The predicted octanol–water partition coefficient (Wildman–Crippen LogP) is 4.31. The number of aromatic nitrogens is 2. The van der Waals surface area contributed by atoms with Crippen molar-refractivity contribution in [3.05, 3.63) is 66.6 Å². The van der Waals surface area contributed by atoms with Gasteiger partial charge in [-0.2, -0.15) is 0 Å². The Morgan fingerprint density at radius 1 is 1.11 bits per heavy atom. The molecule has 0 saturated heterocycles. The van der Waals surface area contributed by atoms with Crippen LogP contribution in [0.5, 0.6) is 5.75 Å². The number of halogens is 1. The van der Waals surface area contributed by atoms with E-state index < -0.39 is 15.8 Å². The first kappa shape index (κ1) is 18.3. The summed E-state index contributed by atoms with van der Waals surface area (Å²) in [5.41, 5.74) is 1.99. The van der Waals surface area contributed by atoms with Crippen LogP contribution in [0.2, 0.25) is 0 Å². The molecule has 6 nitrogen and oxygen atoms in total. The number of ether oxygens (including phenoxy) is 1. The summed E-state index contributed by atoms with van der Waals surface area (Å²) in [5, 5.41) is 0.787. The van der Waals surface area contributed by atoms with Crippen LogP contribution < -0.4 is 9.46 Å². The summed E-state index contributed by atoms with van der Waals surface area (Å²) in [6.45, 7) is 0. The van der Waals surface area contributed by atoms with Crippen molar-refractivity contribution in [3.63, 3.8) is 0 Å². The first-order valence-electron chi connectivity index (χ1n) is 8.14. The fourth-order valence-electron chi connectivity index (χ4n) is 2.64. The van der Waals surface area contributed by atoms with Crippen LogP contribution in [0, 0.1) is 5.82 Å². The molecular weight excluding hydrogens is 401 g/mol. The van der Waals surface area contributed by atoms with Gasteiger partial charge in [-0.25, -0.2) is 22.8 Å². The van der Waals surface area contributed by atoms with E-state index in [2.05, 4.69) is 14.7 Å². The maximum atomic E-state index is 13.5. The molecule has 0 aliphatic rings. The van der Waals surface area contributed by atoms with E-state index in [0.29, 0.717) is 5.69 Å². The van der Waals surface area contributed by atoms with Gasteiger partial charge in [0.05, 0.1) is 7.11 Å². The molecule has 0 fully saturated rings. The summed E-state index contributed by atoms with van der Waals surface area (Å²) in [6, 6.07) is 13.8. The van der Waals surface area contributed by atoms with Gasteiger partial charge in [0.2, 0.25) is 0 Å². The van der Waals surface area contributed by atoms with E-state index in [1.54, 1.807) is 30.5 Å². The topological polar surface area (TPSA) is 81.2 Å². The van der Waals surface area contributed by atoms with E-state index in [9.17, 15) is 12.8 Å². The second kappa shape index (κ2) is 7.17. The number of hydrogen-bond acceptors (Lipinski definition) is 6. The fourth-order valence-corrected chi connectivity index (χ4v) is 4.80. The zero-order valence-electron chi connectivity index (χ0n) is 14.6. The third-order valence-electron chi connectivity index (χ3n) is 3.97. The SMILES string of the molecule is COc1ccc(F)cc1S(=O)(=O)Nc1ccc(-c2nc3cccnc3s2)cc1. The molecule has 1 N–H and O–H groups in total. The molecule has 4 aromatic rings. The summed E-state index contributed by atoms with van der Waals surface area (Å²) < 4.78 is 46.3. The van der Waals surface area contributed by atoms with E-state index in [4.69, 9.17) is 4.74 Å². The standard InChI is InChI=1S/C19H14FN3O3S2/c1-26-16-9-6-13(20)11-17(16)28(24,25)23-14-7-4-12(5-8-14)18-22-15-3-2-10-21-19(15)27-18/h2-11,23H,1H3. The van der Waals surface area contributed by atoms with Gasteiger partial charge in [-0.15, -0.1) is 0 Å². The fraction of sp³-hybridized carbons (Fsp3) is 0.0526. The van der Waals surface area contributed by atoms with Crippen molar-refractivity contribution in [2.45, 2.75) is 4.90 Å². The average Bonchev–Trinajstić information content (AvgIpc) is 3.12. The lowest BCUT2D eigenvalue weighted by Crippen LogP contribution is -2.14. The maximum absolute atomic E-state index is 13.5. The Bertz CT molecular complexity index is 1220. The van der Waals surface area contributed by atoms with Crippen molar-refractivity contribution in [1.29, 1.82) is 0 Å². The van der Waals surface area contributed by atoms with Crippen LogP contribution in [0.1, 0.15) is 0 Å². The Morgan fingerprint density at radius 2 is 1.89 bits per heavy atom. The minimum absolute atomic E-state index is 0.0625. The molecule has 2 heterocycles. The maximum Gasteiger partial charge on any atom is 0.265 e. The number of sulfonamides is 1. The summed E-state index contributed by atoms with van der Waals surface area (Å²) >= 11 is 1.45. The van der Waals surface area contributed by atoms with E-state index in [1.807, 2.05) is 12.1 Å². The third-order valence-corrected chi connectivity index (χ3v) is 6.40. The molecule has 28 heavy (non-hydrogen) atoms. The number of anilines is 1. The lowest BCUT2D eigenvalue weighted by Gasteiger charge is -2.12.